The van der Waals surface area contributed by atoms with Gasteiger partial charge in [-0.15, -0.1) is 0 Å². The summed E-state index contributed by atoms with van der Waals surface area (Å²) in [5.74, 6) is -0.446. The third kappa shape index (κ3) is 45.4. The minimum Gasteiger partial charge on any atom is -0.462 e. The molecule has 0 heterocycles. The van der Waals surface area contributed by atoms with Gasteiger partial charge in [0.1, 0.15) is 6.10 Å². The second-order valence-corrected chi connectivity index (χ2v) is 19.7. The summed E-state index contributed by atoms with van der Waals surface area (Å²) in [6, 6.07) is -0.692. The van der Waals surface area contributed by atoms with Crippen molar-refractivity contribution in [3.05, 3.63) is 0 Å². The Bertz CT molecular complexity index is 898. The van der Waals surface area contributed by atoms with Crippen LogP contribution in [-0.4, -0.2) is 46.9 Å². The summed E-state index contributed by atoms with van der Waals surface area (Å²) in [5, 5.41) is 23.8. The highest BCUT2D eigenvalue weighted by Gasteiger charge is 2.24. The van der Waals surface area contributed by atoms with E-state index in [0.29, 0.717) is 19.3 Å². The van der Waals surface area contributed by atoms with E-state index in [1.165, 1.54) is 238 Å². The lowest BCUT2D eigenvalue weighted by atomic mass is 10.0. The largest absolute Gasteiger partial charge is 0.462 e. The Morgan fingerprint density at radius 3 is 0.984 bits per heavy atom. The molecular formula is C56H111NO5. The molecule has 0 aliphatic heterocycles. The quantitative estimate of drug-likeness (QED) is 0.0418. The maximum absolute atomic E-state index is 13.2. The van der Waals surface area contributed by atoms with Gasteiger partial charge in [0, 0.05) is 6.42 Å². The molecule has 3 atom stereocenters. The summed E-state index contributed by atoms with van der Waals surface area (Å²) < 4.78 is 5.96. The minimum atomic E-state index is -0.779. The van der Waals surface area contributed by atoms with E-state index < -0.39 is 18.2 Å². The first-order chi connectivity index (χ1) is 30.5. The first-order valence-electron chi connectivity index (χ1n) is 28.3. The zero-order valence-corrected chi connectivity index (χ0v) is 42.3. The Hall–Kier alpha value is -1.14. The van der Waals surface area contributed by atoms with Crippen LogP contribution in [0.15, 0.2) is 0 Å². The van der Waals surface area contributed by atoms with Crippen LogP contribution in [0, 0.1) is 0 Å². The van der Waals surface area contributed by atoms with Crippen molar-refractivity contribution in [2.24, 2.45) is 0 Å². The van der Waals surface area contributed by atoms with Crippen molar-refractivity contribution in [1.29, 1.82) is 0 Å². The number of hydrogen-bond acceptors (Lipinski definition) is 5. The number of hydrogen-bond donors (Lipinski definition) is 3. The van der Waals surface area contributed by atoms with Gasteiger partial charge in [0.25, 0.3) is 0 Å². The number of aliphatic hydroxyl groups excluding tert-OH is 2. The summed E-state index contributed by atoms with van der Waals surface area (Å²) >= 11 is 0. The molecule has 0 aromatic heterocycles. The van der Waals surface area contributed by atoms with Crippen LogP contribution in [0.2, 0.25) is 0 Å². The van der Waals surface area contributed by atoms with Crippen LogP contribution in [0.5, 0.6) is 0 Å². The topological polar surface area (TPSA) is 95.9 Å². The summed E-state index contributed by atoms with van der Waals surface area (Å²) in [6.07, 6.45) is 55.9. The molecule has 0 spiro atoms. The number of aliphatic hydroxyl groups is 2. The molecule has 0 aromatic rings. The normalized spacial score (nSPS) is 13.0. The van der Waals surface area contributed by atoms with E-state index in [1.54, 1.807) is 0 Å². The van der Waals surface area contributed by atoms with Crippen molar-refractivity contribution in [3.63, 3.8) is 0 Å². The smallest absolute Gasteiger partial charge is 0.306 e. The molecule has 6 nitrogen and oxygen atoms in total. The van der Waals surface area contributed by atoms with Crippen LogP contribution in [0.4, 0.5) is 0 Å². The second kappa shape index (κ2) is 50.9. The van der Waals surface area contributed by atoms with Crippen molar-refractivity contribution in [1.82, 2.24) is 5.32 Å². The van der Waals surface area contributed by atoms with Crippen molar-refractivity contribution < 1.29 is 24.5 Å². The van der Waals surface area contributed by atoms with E-state index in [4.69, 9.17) is 4.74 Å². The van der Waals surface area contributed by atoms with E-state index in [9.17, 15) is 19.8 Å². The Kier molecular flexibility index (Phi) is 49.9. The summed E-state index contributed by atoms with van der Waals surface area (Å²) in [7, 11) is 0. The zero-order chi connectivity index (χ0) is 45.2. The van der Waals surface area contributed by atoms with Gasteiger partial charge in [0.05, 0.1) is 25.2 Å². The number of unbranched alkanes of at least 4 members (excludes halogenated alkanes) is 40. The highest BCUT2D eigenvalue weighted by molar-refractivity contribution is 5.77. The first-order valence-corrected chi connectivity index (χ1v) is 28.3. The van der Waals surface area contributed by atoms with Crippen molar-refractivity contribution in [3.8, 4) is 0 Å². The van der Waals surface area contributed by atoms with E-state index in [-0.39, 0.29) is 24.9 Å². The Morgan fingerprint density at radius 2 is 0.677 bits per heavy atom. The summed E-state index contributed by atoms with van der Waals surface area (Å²) in [6.45, 7) is 6.53. The van der Waals surface area contributed by atoms with Crippen molar-refractivity contribution >= 4 is 11.9 Å². The molecule has 0 saturated carbocycles. The van der Waals surface area contributed by atoms with Gasteiger partial charge >= 0.3 is 5.97 Å². The number of carbonyl (C=O) groups excluding carboxylic acids is 2. The number of ether oxygens (including phenoxy) is 1. The fourth-order valence-electron chi connectivity index (χ4n) is 9.14. The third-order valence-corrected chi connectivity index (χ3v) is 13.4. The molecule has 62 heavy (non-hydrogen) atoms. The van der Waals surface area contributed by atoms with Gasteiger partial charge < -0.3 is 20.3 Å². The molecule has 6 heteroatoms. The van der Waals surface area contributed by atoms with Gasteiger partial charge in [0.2, 0.25) is 5.91 Å². The Morgan fingerprint density at radius 1 is 0.403 bits per heavy atom. The fraction of sp³-hybridized carbons (Fsp3) is 0.964. The monoisotopic (exact) mass is 878 g/mol. The fourth-order valence-corrected chi connectivity index (χ4v) is 9.14. The third-order valence-electron chi connectivity index (χ3n) is 13.4. The number of carbonyl (C=O) groups is 2. The minimum absolute atomic E-state index is 0.0885. The van der Waals surface area contributed by atoms with E-state index in [1.807, 2.05) is 0 Å². The Balaban J connectivity index is 4.50. The van der Waals surface area contributed by atoms with E-state index in [2.05, 4.69) is 26.1 Å². The average Bonchev–Trinajstić information content (AvgIpc) is 3.26. The van der Waals surface area contributed by atoms with Crippen LogP contribution in [0.3, 0.4) is 0 Å². The molecule has 1 amide bonds. The predicted molar refractivity (Wildman–Crippen MR) is 269 cm³/mol. The number of esters is 1. The van der Waals surface area contributed by atoms with Gasteiger partial charge in [-0.2, -0.15) is 0 Å². The molecular weight excluding hydrogens is 767 g/mol. The summed E-state index contributed by atoms with van der Waals surface area (Å²) in [5.41, 5.74) is 0. The molecule has 0 aliphatic rings. The van der Waals surface area contributed by atoms with Crippen LogP contribution < -0.4 is 5.32 Å². The molecule has 370 valence electrons. The molecule has 0 fully saturated rings. The molecule has 3 unspecified atom stereocenters. The molecule has 0 aliphatic carbocycles. The average molecular weight is 879 g/mol. The van der Waals surface area contributed by atoms with Gasteiger partial charge in [0.15, 0.2) is 0 Å². The first kappa shape index (κ1) is 60.9. The van der Waals surface area contributed by atoms with Crippen LogP contribution >= 0.6 is 0 Å². The maximum atomic E-state index is 13.2. The van der Waals surface area contributed by atoms with Crippen LogP contribution in [0.1, 0.15) is 323 Å². The van der Waals surface area contributed by atoms with Crippen LogP contribution in [0.25, 0.3) is 0 Å². The predicted octanol–water partition coefficient (Wildman–Crippen LogP) is 17.1. The second-order valence-electron chi connectivity index (χ2n) is 19.7. The van der Waals surface area contributed by atoms with Gasteiger partial charge in [-0.25, -0.2) is 0 Å². The molecule has 0 rings (SSSR count). The standard InChI is InChI=1S/C56H111NO5/c1-4-7-10-13-16-19-22-25-27-30-32-35-38-41-44-47-52(62-56(61)49-46-43-40-37-34-31-28-26-23-20-17-14-11-8-5-2)50-55(60)57-53(51-58)54(59)48-45-42-39-36-33-29-24-21-18-15-12-9-6-3/h52-54,58-59H,4-51H2,1-3H3,(H,57,60). The molecule has 3 N–H and O–H groups in total. The number of amides is 1. The molecule has 0 radical (unpaired) electrons. The SMILES string of the molecule is CCCCCCCCCCCCCCCCCC(=O)OC(CCCCCCCCCCCCCCCCC)CC(=O)NC(CO)C(O)CCCCCCCCCCCCCCC. The van der Waals surface area contributed by atoms with Crippen LogP contribution in [-0.2, 0) is 14.3 Å². The highest BCUT2D eigenvalue weighted by Crippen LogP contribution is 2.19. The molecule has 0 aromatic carbocycles. The number of rotatable bonds is 52. The lowest BCUT2D eigenvalue weighted by Gasteiger charge is -2.24. The zero-order valence-electron chi connectivity index (χ0n) is 42.3. The van der Waals surface area contributed by atoms with Crippen molar-refractivity contribution in [2.75, 3.05) is 6.61 Å². The van der Waals surface area contributed by atoms with E-state index in [0.717, 1.165) is 38.5 Å². The molecule has 0 saturated heterocycles. The lowest BCUT2D eigenvalue weighted by molar-refractivity contribution is -0.151. The van der Waals surface area contributed by atoms with Gasteiger partial charge in [-0.05, 0) is 25.7 Å². The maximum Gasteiger partial charge on any atom is 0.306 e. The lowest BCUT2D eigenvalue weighted by Crippen LogP contribution is -2.46. The van der Waals surface area contributed by atoms with Crippen molar-refractivity contribution in [2.45, 2.75) is 341 Å². The number of nitrogens with one attached hydrogen (secondary N) is 1. The highest BCUT2D eigenvalue weighted by atomic mass is 16.5. The van der Waals surface area contributed by atoms with E-state index >= 15 is 0 Å². The summed E-state index contributed by atoms with van der Waals surface area (Å²) in [4.78, 5) is 26.2. The van der Waals surface area contributed by atoms with Gasteiger partial charge in [-0.1, -0.05) is 284 Å². The molecule has 0 bridgehead atoms. The van der Waals surface area contributed by atoms with Gasteiger partial charge in [-0.3, -0.25) is 9.59 Å². The Labute approximate surface area is 387 Å².